The van der Waals surface area contributed by atoms with Crippen LogP contribution in [0.5, 0.6) is 5.88 Å². The maximum absolute atomic E-state index is 15.4. The molecule has 2 aromatic heterocycles. The van der Waals surface area contributed by atoms with Gasteiger partial charge in [-0.15, -0.1) is 0 Å². The van der Waals surface area contributed by atoms with Crippen molar-refractivity contribution < 1.29 is 27.9 Å². The van der Waals surface area contributed by atoms with Crippen molar-refractivity contribution in [3.63, 3.8) is 0 Å². The Morgan fingerprint density at radius 1 is 0.931 bits per heavy atom. The molecule has 1 atom stereocenters. The Balaban J connectivity index is 0.742. The zero-order valence-corrected chi connectivity index (χ0v) is 32.2. The van der Waals surface area contributed by atoms with Crippen molar-refractivity contribution in [1.29, 1.82) is 0 Å². The minimum absolute atomic E-state index is 0.0409. The number of piperazine rings is 1. The number of hydrogen-bond acceptors (Lipinski definition) is 13. The number of piperidine rings is 1. The molecular formula is C41H45F2N11O4. The van der Waals surface area contributed by atoms with Gasteiger partial charge < -0.3 is 35.4 Å². The number of imide groups is 1. The lowest BCUT2D eigenvalue weighted by molar-refractivity contribution is -0.134. The maximum atomic E-state index is 15.4. The average Bonchev–Trinajstić information content (AvgIpc) is 3.20. The van der Waals surface area contributed by atoms with E-state index in [1.165, 1.54) is 12.1 Å². The topological polar surface area (TPSA) is 160 Å². The molecule has 5 aliphatic rings. The van der Waals surface area contributed by atoms with Crippen molar-refractivity contribution in [3.05, 3.63) is 82.8 Å². The Hall–Kier alpha value is -6.10. The summed E-state index contributed by atoms with van der Waals surface area (Å²) >= 11 is 0. The molecule has 302 valence electrons. The molecular weight excluding hydrogens is 749 g/mol. The lowest BCUT2D eigenvalue weighted by atomic mass is 10.0. The second kappa shape index (κ2) is 15.7. The smallest absolute Gasteiger partial charge is 0.249 e. The lowest BCUT2D eigenvalue weighted by Crippen LogP contribution is -2.63. The number of rotatable bonds is 9. The summed E-state index contributed by atoms with van der Waals surface area (Å²) in [5.41, 5.74) is 6.79. The standard InChI is InChI=1S/C41H45F2N11O4/c1-24-35(20-45-40-38(24)44-9-15-58-40)53-10-8-26-19-46-41(49-33(26)23-53)48-28-3-2-25(30(42)17-28)16-37(56)52-13-11-51(12-14-52)29-21-54(22-29)34-6-4-27(18-31(34)43)47-32-5-7-36(55)50-39(32)57/h2-4,6,17-20,29,32,44,47H,5,7-16,21-23H2,1H3,(H,46,48,49)(H,50,55,57). The highest BCUT2D eigenvalue weighted by atomic mass is 19.1. The first kappa shape index (κ1) is 37.5. The molecule has 2 aromatic carbocycles. The molecule has 3 amide bonds. The number of benzene rings is 2. The van der Waals surface area contributed by atoms with Crippen molar-refractivity contribution in [2.24, 2.45) is 0 Å². The summed E-state index contributed by atoms with van der Waals surface area (Å²) in [6, 6.07) is 9.23. The van der Waals surface area contributed by atoms with E-state index >= 15 is 8.78 Å². The van der Waals surface area contributed by atoms with Gasteiger partial charge in [-0.2, -0.15) is 0 Å². The molecule has 9 rings (SSSR count). The zero-order chi connectivity index (χ0) is 39.9. The summed E-state index contributed by atoms with van der Waals surface area (Å²) in [4.78, 5) is 58.9. The molecule has 1 unspecified atom stereocenters. The average molecular weight is 794 g/mol. The third kappa shape index (κ3) is 7.65. The number of nitrogens with zero attached hydrogens (tertiary/aromatic N) is 7. The van der Waals surface area contributed by atoms with Crippen LogP contribution in [0.2, 0.25) is 0 Å². The number of halogens is 2. The van der Waals surface area contributed by atoms with Crippen LogP contribution in [0, 0.1) is 18.6 Å². The molecule has 0 aliphatic carbocycles. The summed E-state index contributed by atoms with van der Waals surface area (Å²) in [6.45, 7) is 8.54. The van der Waals surface area contributed by atoms with E-state index in [9.17, 15) is 14.4 Å². The normalized spacial score (nSPS) is 19.6. The number of pyridine rings is 1. The first-order valence-corrected chi connectivity index (χ1v) is 19.8. The van der Waals surface area contributed by atoms with Crippen LogP contribution in [-0.2, 0) is 33.8 Å². The Labute approximate surface area is 334 Å². The van der Waals surface area contributed by atoms with Crippen LogP contribution in [0.3, 0.4) is 0 Å². The summed E-state index contributed by atoms with van der Waals surface area (Å²) < 4.78 is 36.2. The minimum atomic E-state index is -0.581. The van der Waals surface area contributed by atoms with Crippen LogP contribution in [0.4, 0.5) is 43.2 Å². The molecule has 58 heavy (non-hydrogen) atoms. The van der Waals surface area contributed by atoms with E-state index in [-0.39, 0.29) is 36.5 Å². The predicted molar refractivity (Wildman–Crippen MR) is 213 cm³/mol. The number of anilines is 6. The van der Waals surface area contributed by atoms with Crippen LogP contribution in [0.1, 0.15) is 35.2 Å². The largest absolute Gasteiger partial charge is 0.474 e. The van der Waals surface area contributed by atoms with E-state index in [2.05, 4.69) is 48.0 Å². The van der Waals surface area contributed by atoms with Gasteiger partial charge in [0.05, 0.1) is 36.2 Å². The maximum Gasteiger partial charge on any atom is 0.249 e. The number of aromatic nitrogens is 3. The predicted octanol–water partition coefficient (Wildman–Crippen LogP) is 3.36. The fourth-order valence-corrected chi connectivity index (χ4v) is 8.38. The first-order valence-electron chi connectivity index (χ1n) is 19.8. The van der Waals surface area contributed by atoms with Gasteiger partial charge in [-0.1, -0.05) is 6.07 Å². The van der Waals surface area contributed by atoms with E-state index < -0.39 is 17.8 Å². The van der Waals surface area contributed by atoms with Gasteiger partial charge in [0.2, 0.25) is 29.5 Å². The number of hydrogen-bond donors (Lipinski definition) is 4. The molecule has 17 heteroatoms. The molecule has 0 radical (unpaired) electrons. The molecule has 7 heterocycles. The van der Waals surface area contributed by atoms with E-state index in [0.29, 0.717) is 93.3 Å². The van der Waals surface area contributed by atoms with Gasteiger partial charge in [0.25, 0.3) is 0 Å². The minimum Gasteiger partial charge on any atom is -0.474 e. The second-order valence-electron chi connectivity index (χ2n) is 15.5. The molecule has 5 aliphatic heterocycles. The molecule has 15 nitrogen and oxygen atoms in total. The van der Waals surface area contributed by atoms with E-state index in [4.69, 9.17) is 9.72 Å². The third-order valence-corrected chi connectivity index (χ3v) is 11.8. The van der Waals surface area contributed by atoms with Gasteiger partial charge in [-0.05, 0) is 61.2 Å². The molecule has 3 saturated heterocycles. The van der Waals surface area contributed by atoms with Gasteiger partial charge in [-0.25, -0.2) is 23.7 Å². The zero-order valence-electron chi connectivity index (χ0n) is 32.2. The number of carbonyl (C=O) groups excluding carboxylic acids is 3. The fourth-order valence-electron chi connectivity index (χ4n) is 8.38. The van der Waals surface area contributed by atoms with Crippen molar-refractivity contribution in [1.82, 2.24) is 30.1 Å². The highest BCUT2D eigenvalue weighted by Gasteiger charge is 2.36. The summed E-state index contributed by atoms with van der Waals surface area (Å²) in [5.74, 6) is -0.694. The van der Waals surface area contributed by atoms with Gasteiger partial charge in [0.15, 0.2) is 0 Å². The molecule has 0 bridgehead atoms. The quantitative estimate of drug-likeness (QED) is 0.183. The van der Waals surface area contributed by atoms with Gasteiger partial charge in [0, 0.05) is 88.0 Å². The van der Waals surface area contributed by atoms with Crippen molar-refractivity contribution in [2.45, 2.75) is 51.2 Å². The number of carbonyl (C=O) groups is 3. The van der Waals surface area contributed by atoms with E-state index in [1.807, 2.05) is 17.3 Å². The third-order valence-electron chi connectivity index (χ3n) is 11.8. The number of nitrogens with one attached hydrogen (secondary N) is 4. The Morgan fingerprint density at radius 3 is 2.53 bits per heavy atom. The van der Waals surface area contributed by atoms with E-state index in [1.54, 1.807) is 29.2 Å². The van der Waals surface area contributed by atoms with Gasteiger partial charge >= 0.3 is 0 Å². The molecule has 4 aromatic rings. The second-order valence-corrected chi connectivity index (χ2v) is 15.5. The molecule has 0 spiro atoms. The number of ether oxygens (including phenoxy) is 1. The van der Waals surface area contributed by atoms with Crippen molar-refractivity contribution in [3.8, 4) is 5.88 Å². The van der Waals surface area contributed by atoms with Crippen LogP contribution < -0.4 is 35.8 Å². The number of amides is 3. The highest BCUT2D eigenvalue weighted by molar-refractivity contribution is 6.01. The van der Waals surface area contributed by atoms with Crippen molar-refractivity contribution >= 4 is 52.1 Å². The lowest BCUT2D eigenvalue weighted by Gasteiger charge is -2.49. The Kier molecular flexibility index (Phi) is 10.1. The molecule has 4 N–H and O–H groups in total. The molecule has 0 saturated carbocycles. The summed E-state index contributed by atoms with van der Waals surface area (Å²) in [5, 5.41) is 11.9. The monoisotopic (exact) mass is 793 g/mol. The Bertz CT molecular complexity index is 2260. The Morgan fingerprint density at radius 2 is 1.74 bits per heavy atom. The van der Waals surface area contributed by atoms with Gasteiger partial charge in [0.1, 0.15) is 30.0 Å². The summed E-state index contributed by atoms with van der Waals surface area (Å²) in [6.07, 6.45) is 5.03. The fraction of sp³-hybridized carbons (Fsp3) is 0.415. The molecule has 3 fully saturated rings. The van der Waals surface area contributed by atoms with E-state index in [0.717, 1.165) is 47.7 Å². The summed E-state index contributed by atoms with van der Waals surface area (Å²) in [7, 11) is 0. The van der Waals surface area contributed by atoms with Crippen molar-refractivity contribution in [2.75, 3.05) is 84.7 Å². The first-order chi connectivity index (χ1) is 28.1. The van der Waals surface area contributed by atoms with Crippen LogP contribution >= 0.6 is 0 Å². The number of fused-ring (bicyclic) bond motifs is 2. The van der Waals surface area contributed by atoms with Crippen LogP contribution in [0.15, 0.2) is 48.8 Å². The van der Waals surface area contributed by atoms with Gasteiger partial charge in [-0.3, -0.25) is 24.6 Å². The van der Waals surface area contributed by atoms with Crippen LogP contribution in [0.25, 0.3) is 0 Å². The SMILES string of the molecule is Cc1c(N2CCc3cnc(Nc4ccc(CC(=O)N5CCN(C6CN(c7ccc(NC8CCC(=O)NC8=O)cc7F)C6)CC5)c(F)c4)nc3C2)cnc2c1NCCO2. The van der Waals surface area contributed by atoms with Crippen LogP contribution in [-0.4, -0.2) is 114 Å². The highest BCUT2D eigenvalue weighted by Crippen LogP contribution is 2.36.